The van der Waals surface area contributed by atoms with E-state index in [-0.39, 0.29) is 23.3 Å². The quantitative estimate of drug-likeness (QED) is 0.816. The SMILES string of the molecule is Cc1c(N)cccc1NC(=O)CCS(=O)(=O)C1CCCC1. The molecule has 21 heavy (non-hydrogen) atoms. The second-order valence-corrected chi connectivity index (χ2v) is 7.99. The van der Waals surface area contributed by atoms with Crippen molar-refractivity contribution in [3.8, 4) is 0 Å². The van der Waals surface area contributed by atoms with E-state index in [0.717, 1.165) is 31.2 Å². The van der Waals surface area contributed by atoms with Crippen LogP contribution in [0, 0.1) is 6.92 Å². The first-order chi connectivity index (χ1) is 9.90. The van der Waals surface area contributed by atoms with E-state index in [9.17, 15) is 13.2 Å². The number of sulfone groups is 1. The molecule has 5 nitrogen and oxygen atoms in total. The maximum atomic E-state index is 12.1. The van der Waals surface area contributed by atoms with Crippen molar-refractivity contribution in [2.24, 2.45) is 0 Å². The molecule has 116 valence electrons. The van der Waals surface area contributed by atoms with Crippen molar-refractivity contribution >= 4 is 27.1 Å². The van der Waals surface area contributed by atoms with Gasteiger partial charge in [0.15, 0.2) is 9.84 Å². The Bertz CT molecular complexity index is 620. The van der Waals surface area contributed by atoms with E-state index < -0.39 is 9.84 Å². The Morgan fingerprint density at radius 1 is 1.33 bits per heavy atom. The number of amides is 1. The molecule has 0 heterocycles. The lowest BCUT2D eigenvalue weighted by Crippen LogP contribution is -2.24. The van der Waals surface area contributed by atoms with Gasteiger partial charge in [-0.05, 0) is 37.5 Å². The van der Waals surface area contributed by atoms with Gasteiger partial charge in [0.2, 0.25) is 5.91 Å². The van der Waals surface area contributed by atoms with E-state index in [4.69, 9.17) is 5.73 Å². The molecule has 6 heteroatoms. The monoisotopic (exact) mass is 310 g/mol. The highest BCUT2D eigenvalue weighted by Gasteiger charge is 2.28. The molecule has 1 aromatic carbocycles. The predicted molar refractivity (Wildman–Crippen MR) is 84.9 cm³/mol. The summed E-state index contributed by atoms with van der Waals surface area (Å²) in [5.74, 6) is -0.365. The summed E-state index contributed by atoms with van der Waals surface area (Å²) < 4.78 is 24.2. The molecule has 3 N–H and O–H groups in total. The second-order valence-electron chi connectivity index (χ2n) is 5.59. The van der Waals surface area contributed by atoms with Crippen LogP contribution in [-0.2, 0) is 14.6 Å². The molecule has 1 aliphatic rings. The molecule has 1 amide bonds. The van der Waals surface area contributed by atoms with Crippen LogP contribution in [0.1, 0.15) is 37.7 Å². The highest BCUT2D eigenvalue weighted by molar-refractivity contribution is 7.92. The van der Waals surface area contributed by atoms with Crippen LogP contribution in [-0.4, -0.2) is 25.3 Å². The first-order valence-corrected chi connectivity index (χ1v) is 8.98. The zero-order valence-corrected chi connectivity index (χ0v) is 13.1. The van der Waals surface area contributed by atoms with Crippen molar-refractivity contribution in [3.63, 3.8) is 0 Å². The summed E-state index contributed by atoms with van der Waals surface area (Å²) in [5.41, 5.74) is 7.81. The Labute approximate surface area is 125 Å². The zero-order chi connectivity index (χ0) is 15.5. The van der Waals surface area contributed by atoms with E-state index in [0.29, 0.717) is 11.4 Å². The highest BCUT2D eigenvalue weighted by Crippen LogP contribution is 2.26. The molecular formula is C15H22N2O3S. The van der Waals surface area contributed by atoms with Crippen molar-refractivity contribution in [3.05, 3.63) is 23.8 Å². The molecule has 0 bridgehead atoms. The third-order valence-electron chi connectivity index (χ3n) is 4.07. The maximum absolute atomic E-state index is 12.1. The van der Waals surface area contributed by atoms with Crippen LogP contribution in [0.3, 0.4) is 0 Å². The first kappa shape index (κ1) is 15.8. The fourth-order valence-corrected chi connectivity index (χ4v) is 4.51. The lowest BCUT2D eigenvalue weighted by atomic mass is 10.1. The van der Waals surface area contributed by atoms with Gasteiger partial charge in [-0.25, -0.2) is 8.42 Å². The third kappa shape index (κ3) is 3.97. The lowest BCUT2D eigenvalue weighted by Gasteiger charge is -2.12. The van der Waals surface area contributed by atoms with Gasteiger partial charge >= 0.3 is 0 Å². The summed E-state index contributed by atoms with van der Waals surface area (Å²) >= 11 is 0. The molecule has 1 saturated carbocycles. The number of carbonyl (C=O) groups is 1. The summed E-state index contributed by atoms with van der Waals surface area (Å²) in [7, 11) is -3.15. The van der Waals surface area contributed by atoms with Gasteiger partial charge in [-0.2, -0.15) is 0 Å². The maximum Gasteiger partial charge on any atom is 0.225 e. The Morgan fingerprint density at radius 3 is 2.67 bits per heavy atom. The van der Waals surface area contributed by atoms with Gasteiger partial charge in [0.05, 0.1) is 11.0 Å². The van der Waals surface area contributed by atoms with Crippen LogP contribution in [0.5, 0.6) is 0 Å². The number of hydrogen-bond donors (Lipinski definition) is 2. The van der Waals surface area contributed by atoms with Crippen LogP contribution < -0.4 is 11.1 Å². The normalized spacial score (nSPS) is 16.0. The van der Waals surface area contributed by atoms with Gasteiger partial charge in [0.25, 0.3) is 0 Å². The van der Waals surface area contributed by atoms with E-state index in [2.05, 4.69) is 5.32 Å². The van der Waals surface area contributed by atoms with E-state index >= 15 is 0 Å². The number of rotatable bonds is 5. The molecule has 0 spiro atoms. The van der Waals surface area contributed by atoms with Gasteiger partial charge in [-0.15, -0.1) is 0 Å². The zero-order valence-electron chi connectivity index (χ0n) is 12.3. The van der Waals surface area contributed by atoms with Crippen LogP contribution >= 0.6 is 0 Å². The third-order valence-corrected chi connectivity index (χ3v) is 6.33. The highest BCUT2D eigenvalue weighted by atomic mass is 32.2. The molecular weight excluding hydrogens is 288 g/mol. The molecule has 1 aliphatic carbocycles. The number of nitrogens with one attached hydrogen (secondary N) is 1. The van der Waals surface area contributed by atoms with Crippen molar-refractivity contribution in [1.82, 2.24) is 0 Å². The van der Waals surface area contributed by atoms with Crippen LogP contribution in [0.2, 0.25) is 0 Å². The Balaban J connectivity index is 1.92. The van der Waals surface area contributed by atoms with Crippen molar-refractivity contribution in [2.75, 3.05) is 16.8 Å². The van der Waals surface area contributed by atoms with Gasteiger partial charge in [-0.3, -0.25) is 4.79 Å². The summed E-state index contributed by atoms with van der Waals surface area (Å²) in [6.45, 7) is 1.82. The Hall–Kier alpha value is -1.56. The van der Waals surface area contributed by atoms with Crippen LogP contribution in [0.15, 0.2) is 18.2 Å². The van der Waals surface area contributed by atoms with Gasteiger partial charge in [0, 0.05) is 17.8 Å². The van der Waals surface area contributed by atoms with E-state index in [1.165, 1.54) is 0 Å². The van der Waals surface area contributed by atoms with Crippen molar-refractivity contribution in [2.45, 2.75) is 44.3 Å². The van der Waals surface area contributed by atoms with Gasteiger partial charge in [-0.1, -0.05) is 18.9 Å². The van der Waals surface area contributed by atoms with Crippen LogP contribution in [0.25, 0.3) is 0 Å². The van der Waals surface area contributed by atoms with Crippen LogP contribution in [0.4, 0.5) is 11.4 Å². The Kier molecular flexibility index (Phi) is 4.88. The second kappa shape index (κ2) is 6.47. The minimum absolute atomic E-state index is 0.00687. The first-order valence-electron chi connectivity index (χ1n) is 7.26. The molecule has 0 aromatic heterocycles. The molecule has 0 atom stereocenters. The largest absolute Gasteiger partial charge is 0.398 e. The molecule has 0 radical (unpaired) electrons. The summed E-state index contributed by atoms with van der Waals surface area (Å²) in [5, 5.41) is 2.48. The minimum atomic E-state index is -3.15. The number of benzene rings is 1. The van der Waals surface area contributed by atoms with E-state index in [1.807, 2.05) is 6.92 Å². The fraction of sp³-hybridized carbons (Fsp3) is 0.533. The topological polar surface area (TPSA) is 89.3 Å². The minimum Gasteiger partial charge on any atom is -0.398 e. The standard InChI is InChI=1S/C15H22N2O3S/c1-11-13(16)7-4-8-14(11)17-15(18)9-10-21(19,20)12-5-2-3-6-12/h4,7-8,12H,2-3,5-6,9-10,16H2,1H3,(H,17,18). The number of carbonyl (C=O) groups excluding carboxylic acids is 1. The summed E-state index contributed by atoms with van der Waals surface area (Å²) in [4.78, 5) is 11.9. The molecule has 1 fully saturated rings. The average molecular weight is 310 g/mol. The van der Waals surface area contributed by atoms with Crippen molar-refractivity contribution in [1.29, 1.82) is 0 Å². The molecule has 0 aliphatic heterocycles. The molecule has 2 rings (SSSR count). The molecule has 1 aromatic rings. The van der Waals surface area contributed by atoms with Gasteiger partial charge < -0.3 is 11.1 Å². The number of nitrogens with two attached hydrogens (primary N) is 1. The summed E-state index contributed by atoms with van der Waals surface area (Å²) in [6.07, 6.45) is 3.40. The predicted octanol–water partition coefficient (Wildman–Crippen LogP) is 2.26. The fourth-order valence-electron chi connectivity index (χ4n) is 2.65. The van der Waals surface area contributed by atoms with E-state index in [1.54, 1.807) is 18.2 Å². The number of hydrogen-bond acceptors (Lipinski definition) is 4. The summed E-state index contributed by atoms with van der Waals surface area (Å²) in [6, 6.07) is 5.28. The number of anilines is 2. The lowest BCUT2D eigenvalue weighted by molar-refractivity contribution is -0.115. The average Bonchev–Trinajstić information content (AvgIpc) is 2.97. The van der Waals surface area contributed by atoms with Gasteiger partial charge in [0.1, 0.15) is 0 Å². The molecule has 0 saturated heterocycles. The Morgan fingerprint density at radius 2 is 2.00 bits per heavy atom. The number of nitrogen functional groups attached to an aromatic ring is 1. The van der Waals surface area contributed by atoms with Crippen molar-refractivity contribution < 1.29 is 13.2 Å². The smallest absolute Gasteiger partial charge is 0.225 e. The molecule has 0 unspecified atom stereocenters.